The normalized spacial score (nSPS) is 16.5. The maximum atomic E-state index is 13.2. The minimum atomic E-state index is -0.352. The third-order valence-corrected chi connectivity index (χ3v) is 6.60. The molecule has 7 heteroatoms. The number of hydrogen-bond acceptors (Lipinski definition) is 6. The second-order valence-electron chi connectivity index (χ2n) is 8.69. The van der Waals surface area contributed by atoms with Gasteiger partial charge in [-0.25, -0.2) is 0 Å². The molecule has 1 aliphatic heterocycles. The van der Waals surface area contributed by atoms with Crippen LogP contribution in [-0.4, -0.2) is 51.3 Å². The minimum absolute atomic E-state index is 0.0362. The lowest BCUT2D eigenvalue weighted by Crippen LogP contribution is -2.47. The van der Waals surface area contributed by atoms with Gasteiger partial charge in [0.05, 0.1) is 26.3 Å². The quantitative estimate of drug-likeness (QED) is 0.620. The lowest BCUT2D eigenvalue weighted by molar-refractivity contribution is -0.124. The van der Waals surface area contributed by atoms with E-state index in [0.717, 1.165) is 54.9 Å². The molecule has 0 bridgehead atoms. The van der Waals surface area contributed by atoms with Crippen LogP contribution in [0.3, 0.4) is 0 Å². The Kier molecular flexibility index (Phi) is 7.28. The maximum absolute atomic E-state index is 13.2. The average molecular weight is 455 g/mol. The van der Waals surface area contributed by atoms with Gasteiger partial charge < -0.3 is 24.3 Å². The molecule has 4 rings (SSSR count). The number of hydrogen-bond donors (Lipinski definition) is 1. The van der Waals surface area contributed by atoms with E-state index in [9.17, 15) is 4.79 Å². The van der Waals surface area contributed by atoms with E-state index in [-0.39, 0.29) is 11.4 Å². The van der Waals surface area contributed by atoms with Crippen LogP contribution in [0.2, 0.25) is 0 Å². The SMILES string of the molecule is CCN(CC(=O)NC1(c2ccc3c(c2)OCCO3)CCCC1)Cc1ccc(OC)c(OC)c1. The topological polar surface area (TPSA) is 69.3 Å². The van der Waals surface area contributed by atoms with E-state index in [2.05, 4.69) is 23.2 Å². The molecule has 1 fully saturated rings. The fourth-order valence-electron chi connectivity index (χ4n) is 4.83. The fourth-order valence-corrected chi connectivity index (χ4v) is 4.83. The van der Waals surface area contributed by atoms with Crippen LogP contribution in [0.25, 0.3) is 0 Å². The number of methoxy groups -OCH3 is 2. The molecular formula is C26H34N2O5. The van der Waals surface area contributed by atoms with Gasteiger partial charge in [-0.3, -0.25) is 9.69 Å². The van der Waals surface area contributed by atoms with Gasteiger partial charge >= 0.3 is 0 Å². The number of nitrogens with one attached hydrogen (secondary N) is 1. The second kappa shape index (κ2) is 10.3. The molecule has 2 aromatic carbocycles. The van der Waals surface area contributed by atoms with Crippen LogP contribution in [0, 0.1) is 0 Å². The highest BCUT2D eigenvalue weighted by Crippen LogP contribution is 2.42. The highest BCUT2D eigenvalue weighted by atomic mass is 16.6. The van der Waals surface area contributed by atoms with Gasteiger partial charge in [0.15, 0.2) is 23.0 Å². The molecule has 7 nitrogen and oxygen atoms in total. The summed E-state index contributed by atoms with van der Waals surface area (Å²) in [7, 11) is 3.26. The van der Waals surface area contributed by atoms with Gasteiger partial charge in [-0.2, -0.15) is 0 Å². The third-order valence-electron chi connectivity index (χ3n) is 6.60. The molecule has 178 valence electrons. The number of likely N-dealkylation sites (N-methyl/N-ethyl adjacent to an activating group) is 1. The Bertz CT molecular complexity index is 971. The van der Waals surface area contributed by atoms with E-state index >= 15 is 0 Å². The molecule has 0 aromatic heterocycles. The number of rotatable bonds is 9. The molecule has 2 aliphatic rings. The molecule has 0 radical (unpaired) electrons. The standard InChI is InChI=1S/C26H34N2O5/c1-4-28(17-19-7-9-21(30-2)23(15-19)31-3)18-25(29)27-26(11-5-6-12-26)20-8-10-22-24(16-20)33-14-13-32-22/h7-10,15-16H,4-6,11-14,17-18H2,1-3H3,(H,27,29). The molecule has 1 N–H and O–H groups in total. The fraction of sp³-hybridized carbons (Fsp3) is 0.500. The maximum Gasteiger partial charge on any atom is 0.234 e. The van der Waals surface area contributed by atoms with Crippen molar-refractivity contribution in [2.24, 2.45) is 0 Å². The number of ether oxygens (including phenoxy) is 4. The zero-order valence-electron chi connectivity index (χ0n) is 19.8. The van der Waals surface area contributed by atoms with Crippen molar-refractivity contribution >= 4 is 5.91 Å². The zero-order valence-corrected chi connectivity index (χ0v) is 19.8. The summed E-state index contributed by atoms with van der Waals surface area (Å²) in [5.74, 6) is 2.97. The number of carbonyl (C=O) groups is 1. The Balaban J connectivity index is 1.45. The summed E-state index contributed by atoms with van der Waals surface area (Å²) in [6.45, 7) is 4.94. The lowest BCUT2D eigenvalue weighted by atomic mass is 9.87. The summed E-state index contributed by atoms with van der Waals surface area (Å²) in [5, 5.41) is 3.39. The summed E-state index contributed by atoms with van der Waals surface area (Å²) < 4.78 is 22.2. The van der Waals surface area contributed by atoms with Crippen LogP contribution in [-0.2, 0) is 16.9 Å². The number of benzene rings is 2. The first-order chi connectivity index (χ1) is 16.1. The van der Waals surface area contributed by atoms with Crippen LogP contribution in [0.5, 0.6) is 23.0 Å². The summed E-state index contributed by atoms with van der Waals surface area (Å²) in [4.78, 5) is 15.3. The van der Waals surface area contributed by atoms with Crippen molar-refractivity contribution in [1.82, 2.24) is 10.2 Å². The van der Waals surface area contributed by atoms with Crippen LogP contribution in [0.1, 0.15) is 43.7 Å². The smallest absolute Gasteiger partial charge is 0.234 e. The van der Waals surface area contributed by atoms with Crippen LogP contribution in [0.15, 0.2) is 36.4 Å². The Morgan fingerprint density at radius 1 is 1.00 bits per heavy atom. The average Bonchev–Trinajstić information content (AvgIpc) is 3.32. The molecule has 0 unspecified atom stereocenters. The Labute approximate surface area is 196 Å². The molecule has 1 heterocycles. The molecular weight excluding hydrogens is 420 g/mol. The summed E-state index contributed by atoms with van der Waals surface area (Å²) in [6.07, 6.45) is 4.05. The molecule has 0 atom stereocenters. The molecule has 0 spiro atoms. The van der Waals surface area contributed by atoms with E-state index in [1.807, 2.05) is 30.3 Å². The van der Waals surface area contributed by atoms with Crippen molar-refractivity contribution in [2.45, 2.75) is 44.7 Å². The minimum Gasteiger partial charge on any atom is -0.493 e. The summed E-state index contributed by atoms with van der Waals surface area (Å²) in [5.41, 5.74) is 1.82. The largest absolute Gasteiger partial charge is 0.493 e. The van der Waals surface area contributed by atoms with Crippen molar-refractivity contribution in [1.29, 1.82) is 0 Å². The van der Waals surface area contributed by atoms with Gasteiger partial charge in [0.1, 0.15) is 13.2 Å². The van der Waals surface area contributed by atoms with Crippen molar-refractivity contribution < 1.29 is 23.7 Å². The van der Waals surface area contributed by atoms with Gasteiger partial charge in [-0.15, -0.1) is 0 Å². The predicted octanol–water partition coefficient (Wildman–Crippen LogP) is 3.88. The number of nitrogens with zero attached hydrogens (tertiary/aromatic N) is 1. The molecule has 0 saturated heterocycles. The Hall–Kier alpha value is -2.93. The first-order valence-corrected chi connectivity index (χ1v) is 11.7. The van der Waals surface area contributed by atoms with E-state index in [1.165, 1.54) is 0 Å². The molecule has 1 amide bonds. The van der Waals surface area contributed by atoms with E-state index in [4.69, 9.17) is 18.9 Å². The van der Waals surface area contributed by atoms with Crippen molar-refractivity contribution in [2.75, 3.05) is 40.5 Å². The second-order valence-corrected chi connectivity index (χ2v) is 8.69. The van der Waals surface area contributed by atoms with Gasteiger partial charge in [-0.05, 0) is 54.8 Å². The van der Waals surface area contributed by atoms with Gasteiger partial charge in [0, 0.05) is 6.54 Å². The highest BCUT2D eigenvalue weighted by Gasteiger charge is 2.38. The first-order valence-electron chi connectivity index (χ1n) is 11.7. The number of carbonyl (C=O) groups excluding carboxylic acids is 1. The summed E-state index contributed by atoms with van der Waals surface area (Å²) in [6, 6.07) is 12.0. The highest BCUT2D eigenvalue weighted by molar-refractivity contribution is 5.79. The Morgan fingerprint density at radius 2 is 1.73 bits per heavy atom. The summed E-state index contributed by atoms with van der Waals surface area (Å²) >= 11 is 0. The monoisotopic (exact) mass is 454 g/mol. The number of amides is 1. The molecule has 1 aliphatic carbocycles. The van der Waals surface area contributed by atoms with Crippen LogP contribution < -0.4 is 24.3 Å². The molecule has 33 heavy (non-hydrogen) atoms. The third kappa shape index (κ3) is 5.19. The van der Waals surface area contributed by atoms with Gasteiger partial charge in [0.25, 0.3) is 0 Å². The lowest BCUT2D eigenvalue weighted by Gasteiger charge is -2.33. The van der Waals surface area contributed by atoms with Crippen LogP contribution in [0.4, 0.5) is 0 Å². The van der Waals surface area contributed by atoms with Gasteiger partial charge in [0.2, 0.25) is 5.91 Å². The molecule has 1 saturated carbocycles. The van der Waals surface area contributed by atoms with E-state index in [0.29, 0.717) is 37.8 Å². The molecule has 2 aromatic rings. The van der Waals surface area contributed by atoms with Crippen LogP contribution >= 0.6 is 0 Å². The predicted molar refractivity (Wildman–Crippen MR) is 126 cm³/mol. The number of fused-ring (bicyclic) bond motifs is 1. The van der Waals surface area contributed by atoms with Crippen molar-refractivity contribution in [3.63, 3.8) is 0 Å². The van der Waals surface area contributed by atoms with Gasteiger partial charge in [-0.1, -0.05) is 31.9 Å². The first kappa shape index (κ1) is 23.2. The Morgan fingerprint density at radius 3 is 2.42 bits per heavy atom. The van der Waals surface area contributed by atoms with E-state index in [1.54, 1.807) is 14.2 Å². The van der Waals surface area contributed by atoms with Crippen molar-refractivity contribution in [3.8, 4) is 23.0 Å². The zero-order chi connectivity index (χ0) is 23.3. The van der Waals surface area contributed by atoms with Crippen molar-refractivity contribution in [3.05, 3.63) is 47.5 Å². The van der Waals surface area contributed by atoms with E-state index < -0.39 is 0 Å².